The molecule has 0 fully saturated rings. The van der Waals surface area contributed by atoms with Gasteiger partial charge in [0, 0.05) is 11.3 Å². The van der Waals surface area contributed by atoms with E-state index >= 15 is 0 Å². The van der Waals surface area contributed by atoms with Crippen LogP contribution in [-0.4, -0.2) is 21.1 Å². The number of hydrogen-bond donors (Lipinski definition) is 1. The maximum absolute atomic E-state index is 10.2. The first-order chi connectivity index (χ1) is 10.6. The zero-order valence-electron chi connectivity index (χ0n) is 13.1. The molecule has 1 aromatic carbocycles. The van der Waals surface area contributed by atoms with E-state index in [1.54, 1.807) is 6.92 Å². The standard InChI is InChI=1S/C18H20N2O2/c1-4-22-15-10-8-14(9-11-15)17-18(13(3)21)20-12(2)6-5-7-16(20)19-17/h5-11,13,21H,4H2,1-3H3. The number of fused-ring (bicyclic) bond motifs is 1. The van der Waals surface area contributed by atoms with Crippen molar-refractivity contribution in [1.29, 1.82) is 0 Å². The molecule has 0 amide bonds. The molecule has 0 spiro atoms. The van der Waals surface area contributed by atoms with Gasteiger partial charge in [0.05, 0.1) is 24.1 Å². The minimum Gasteiger partial charge on any atom is -0.494 e. The highest BCUT2D eigenvalue weighted by atomic mass is 16.5. The van der Waals surface area contributed by atoms with Gasteiger partial charge < -0.3 is 9.84 Å². The van der Waals surface area contributed by atoms with E-state index in [9.17, 15) is 5.11 Å². The summed E-state index contributed by atoms with van der Waals surface area (Å²) in [6.45, 7) is 6.40. The number of imidazole rings is 1. The second-order valence-corrected chi connectivity index (χ2v) is 5.34. The number of pyridine rings is 1. The molecule has 2 aromatic heterocycles. The fourth-order valence-corrected chi connectivity index (χ4v) is 2.75. The van der Waals surface area contributed by atoms with Gasteiger partial charge in [-0.1, -0.05) is 6.07 Å². The van der Waals surface area contributed by atoms with Crippen LogP contribution in [0.25, 0.3) is 16.9 Å². The Kier molecular flexibility index (Phi) is 3.86. The lowest BCUT2D eigenvalue weighted by molar-refractivity contribution is 0.194. The molecule has 0 aliphatic carbocycles. The van der Waals surface area contributed by atoms with Crippen molar-refractivity contribution in [3.05, 3.63) is 53.9 Å². The van der Waals surface area contributed by atoms with E-state index in [2.05, 4.69) is 0 Å². The highest BCUT2D eigenvalue weighted by Gasteiger charge is 2.18. The highest BCUT2D eigenvalue weighted by Crippen LogP contribution is 2.30. The van der Waals surface area contributed by atoms with Crippen molar-refractivity contribution in [3.63, 3.8) is 0 Å². The van der Waals surface area contributed by atoms with Gasteiger partial charge in [-0.25, -0.2) is 4.98 Å². The molecular weight excluding hydrogens is 276 g/mol. The smallest absolute Gasteiger partial charge is 0.137 e. The van der Waals surface area contributed by atoms with Gasteiger partial charge in [-0.2, -0.15) is 0 Å². The van der Waals surface area contributed by atoms with E-state index in [-0.39, 0.29) is 0 Å². The number of ether oxygens (including phenoxy) is 1. The largest absolute Gasteiger partial charge is 0.494 e. The van der Waals surface area contributed by atoms with Crippen molar-refractivity contribution in [3.8, 4) is 17.0 Å². The van der Waals surface area contributed by atoms with Crippen LogP contribution in [0, 0.1) is 6.92 Å². The Bertz CT molecular complexity index is 789. The van der Waals surface area contributed by atoms with Crippen LogP contribution in [0.2, 0.25) is 0 Å². The summed E-state index contributed by atoms with van der Waals surface area (Å²) in [5, 5.41) is 10.2. The molecule has 3 rings (SSSR count). The highest BCUT2D eigenvalue weighted by molar-refractivity contribution is 5.68. The van der Waals surface area contributed by atoms with E-state index in [0.717, 1.165) is 34.0 Å². The number of hydrogen-bond acceptors (Lipinski definition) is 3. The molecule has 0 radical (unpaired) electrons. The second kappa shape index (κ2) is 5.81. The average Bonchev–Trinajstić information content (AvgIpc) is 2.89. The Balaban J connectivity index is 2.17. The third-order valence-corrected chi connectivity index (χ3v) is 3.71. The molecular formula is C18H20N2O2. The Hall–Kier alpha value is -2.33. The Morgan fingerprint density at radius 2 is 1.91 bits per heavy atom. The van der Waals surface area contributed by atoms with Gasteiger partial charge in [0.1, 0.15) is 11.4 Å². The van der Waals surface area contributed by atoms with Crippen LogP contribution in [0.5, 0.6) is 5.75 Å². The third-order valence-electron chi connectivity index (χ3n) is 3.71. The van der Waals surface area contributed by atoms with Crippen molar-refractivity contribution in [2.75, 3.05) is 6.61 Å². The molecule has 0 saturated carbocycles. The molecule has 1 unspecified atom stereocenters. The van der Waals surface area contributed by atoms with Gasteiger partial charge in [-0.3, -0.25) is 4.40 Å². The fourth-order valence-electron chi connectivity index (χ4n) is 2.75. The topological polar surface area (TPSA) is 46.8 Å². The number of aryl methyl sites for hydroxylation is 1. The lowest BCUT2D eigenvalue weighted by Gasteiger charge is -2.10. The predicted molar refractivity (Wildman–Crippen MR) is 87.2 cm³/mol. The summed E-state index contributed by atoms with van der Waals surface area (Å²) in [6.07, 6.45) is -0.599. The van der Waals surface area contributed by atoms with Crippen LogP contribution in [0.4, 0.5) is 0 Å². The molecule has 1 N–H and O–H groups in total. The molecule has 0 saturated heterocycles. The number of aliphatic hydroxyl groups is 1. The number of aromatic nitrogens is 2. The molecule has 2 heterocycles. The lowest BCUT2D eigenvalue weighted by Crippen LogP contribution is -2.02. The van der Waals surface area contributed by atoms with Crippen molar-refractivity contribution >= 4 is 5.65 Å². The molecule has 1 atom stereocenters. The molecule has 4 nitrogen and oxygen atoms in total. The summed E-state index contributed by atoms with van der Waals surface area (Å²) in [6, 6.07) is 13.8. The number of nitrogens with zero attached hydrogens (tertiary/aromatic N) is 2. The molecule has 0 aliphatic rings. The summed E-state index contributed by atoms with van der Waals surface area (Å²) >= 11 is 0. The van der Waals surface area contributed by atoms with Crippen LogP contribution in [0.3, 0.4) is 0 Å². The van der Waals surface area contributed by atoms with Crippen molar-refractivity contribution in [2.24, 2.45) is 0 Å². The van der Waals surface area contributed by atoms with Crippen molar-refractivity contribution < 1.29 is 9.84 Å². The van der Waals surface area contributed by atoms with Gasteiger partial charge in [0.2, 0.25) is 0 Å². The van der Waals surface area contributed by atoms with Crippen LogP contribution < -0.4 is 4.74 Å². The molecule has 4 heteroatoms. The van der Waals surface area contributed by atoms with E-state index in [4.69, 9.17) is 9.72 Å². The number of rotatable bonds is 4. The molecule has 3 aromatic rings. The maximum atomic E-state index is 10.2. The summed E-state index contributed by atoms with van der Waals surface area (Å²) in [7, 11) is 0. The van der Waals surface area contributed by atoms with E-state index in [1.807, 2.05) is 60.7 Å². The molecule has 0 aliphatic heterocycles. The SMILES string of the molecule is CCOc1ccc(-c2nc3cccc(C)n3c2C(C)O)cc1. The zero-order valence-corrected chi connectivity index (χ0v) is 13.1. The van der Waals surface area contributed by atoms with Crippen LogP contribution >= 0.6 is 0 Å². The monoisotopic (exact) mass is 296 g/mol. The van der Waals surface area contributed by atoms with Gasteiger partial charge in [-0.15, -0.1) is 0 Å². The number of aliphatic hydroxyl groups excluding tert-OH is 1. The second-order valence-electron chi connectivity index (χ2n) is 5.34. The average molecular weight is 296 g/mol. The van der Waals surface area contributed by atoms with Crippen LogP contribution in [-0.2, 0) is 0 Å². The summed E-state index contributed by atoms with van der Waals surface area (Å²) in [5.41, 5.74) is 4.50. The van der Waals surface area contributed by atoms with Gasteiger partial charge in [0.15, 0.2) is 0 Å². The van der Waals surface area contributed by atoms with Crippen molar-refractivity contribution in [1.82, 2.24) is 9.38 Å². The van der Waals surface area contributed by atoms with E-state index in [0.29, 0.717) is 6.61 Å². The first kappa shape index (κ1) is 14.6. The maximum Gasteiger partial charge on any atom is 0.137 e. The Morgan fingerprint density at radius 1 is 1.18 bits per heavy atom. The van der Waals surface area contributed by atoms with Crippen LogP contribution in [0.1, 0.15) is 31.3 Å². The normalized spacial score (nSPS) is 12.5. The van der Waals surface area contributed by atoms with Gasteiger partial charge >= 0.3 is 0 Å². The summed E-state index contributed by atoms with van der Waals surface area (Å²) < 4.78 is 7.49. The zero-order chi connectivity index (χ0) is 15.7. The van der Waals surface area contributed by atoms with E-state index in [1.165, 1.54) is 0 Å². The van der Waals surface area contributed by atoms with Gasteiger partial charge in [0.25, 0.3) is 0 Å². The lowest BCUT2D eigenvalue weighted by atomic mass is 10.1. The molecule has 0 bridgehead atoms. The summed E-state index contributed by atoms with van der Waals surface area (Å²) in [4.78, 5) is 4.70. The quantitative estimate of drug-likeness (QED) is 0.797. The van der Waals surface area contributed by atoms with Crippen LogP contribution in [0.15, 0.2) is 42.5 Å². The van der Waals surface area contributed by atoms with E-state index < -0.39 is 6.10 Å². The third kappa shape index (κ3) is 2.46. The minimum atomic E-state index is -0.599. The first-order valence-corrected chi connectivity index (χ1v) is 7.51. The molecule has 114 valence electrons. The molecule has 22 heavy (non-hydrogen) atoms. The Labute approximate surface area is 130 Å². The van der Waals surface area contributed by atoms with Gasteiger partial charge in [-0.05, 0) is 57.2 Å². The minimum absolute atomic E-state index is 0.599. The summed E-state index contributed by atoms with van der Waals surface area (Å²) in [5.74, 6) is 0.838. The predicted octanol–water partition coefficient (Wildman–Crippen LogP) is 3.76. The first-order valence-electron chi connectivity index (χ1n) is 7.51. The fraction of sp³-hybridized carbons (Fsp3) is 0.278. The number of benzene rings is 1. The Morgan fingerprint density at radius 3 is 2.55 bits per heavy atom. The van der Waals surface area contributed by atoms with Crippen molar-refractivity contribution in [2.45, 2.75) is 26.9 Å².